The van der Waals surface area contributed by atoms with E-state index in [1.54, 1.807) is 24.3 Å². The Morgan fingerprint density at radius 1 is 1.12 bits per heavy atom. The van der Waals surface area contributed by atoms with Gasteiger partial charge in [-0.3, -0.25) is 4.79 Å². The van der Waals surface area contributed by atoms with Crippen LogP contribution in [0.1, 0.15) is 18.4 Å². The zero-order valence-electron chi connectivity index (χ0n) is 13.2. The van der Waals surface area contributed by atoms with Crippen molar-refractivity contribution in [1.82, 2.24) is 5.32 Å². The van der Waals surface area contributed by atoms with Gasteiger partial charge in [0, 0.05) is 24.4 Å². The van der Waals surface area contributed by atoms with Crippen LogP contribution in [0.2, 0.25) is 5.02 Å². The minimum Gasteiger partial charge on any atom is -0.352 e. The van der Waals surface area contributed by atoms with Gasteiger partial charge in [0.1, 0.15) is 10.7 Å². The zero-order chi connectivity index (χ0) is 17.9. The Labute approximate surface area is 151 Å². The molecule has 0 spiro atoms. The first-order chi connectivity index (χ1) is 12.0. The van der Waals surface area contributed by atoms with Gasteiger partial charge in [-0.2, -0.15) is 8.42 Å². The van der Waals surface area contributed by atoms with Gasteiger partial charge in [-0.25, -0.2) is 0 Å². The van der Waals surface area contributed by atoms with Crippen molar-refractivity contribution in [3.63, 3.8) is 0 Å². The molecule has 0 unspecified atom stereocenters. The molecule has 0 saturated carbocycles. The lowest BCUT2D eigenvalue weighted by Crippen LogP contribution is -2.26. The largest absolute Gasteiger partial charge is 0.352 e. The van der Waals surface area contributed by atoms with Crippen molar-refractivity contribution in [2.75, 3.05) is 5.32 Å². The predicted molar refractivity (Wildman–Crippen MR) is 97.2 cm³/mol. The molecular weight excluding hydrogens is 362 g/mol. The third kappa shape index (κ3) is 4.18. The van der Waals surface area contributed by atoms with Gasteiger partial charge in [0.15, 0.2) is 0 Å². The smallest absolute Gasteiger partial charge is 0.286 e. The Morgan fingerprint density at radius 3 is 2.64 bits per heavy atom. The van der Waals surface area contributed by atoms with Crippen molar-refractivity contribution in [2.45, 2.75) is 24.3 Å². The van der Waals surface area contributed by atoms with Gasteiger partial charge >= 0.3 is 0 Å². The highest BCUT2D eigenvalue weighted by atomic mass is 35.5. The highest BCUT2D eigenvalue weighted by Crippen LogP contribution is 2.27. The summed E-state index contributed by atoms with van der Waals surface area (Å²) in [5.74, 6) is 0.0484. The first-order valence-corrected chi connectivity index (χ1v) is 9.47. The summed E-state index contributed by atoms with van der Waals surface area (Å²) < 4.78 is 28.0. The molecule has 1 aliphatic heterocycles. The fraction of sp³-hybridized carbons (Fsp3) is 0.176. The minimum absolute atomic E-state index is 0.119. The first-order valence-electron chi connectivity index (χ1n) is 7.66. The molecule has 130 valence electrons. The fourth-order valence-electron chi connectivity index (χ4n) is 2.43. The summed E-state index contributed by atoms with van der Waals surface area (Å²) in [5.41, 5.74) is 1.30. The molecule has 1 aliphatic rings. The van der Waals surface area contributed by atoms with Gasteiger partial charge in [-0.05, 0) is 23.8 Å². The standard InChI is InChI=1S/C17H16ClN3O3S/c18-13-6-2-1-5-12(13)11-19-17(22)10-9-16-20-14-7-3-4-8-15(14)25(23,24)21-16/h1-8H,9-11H2,(H,19,22)(H,20,21). The number of halogens is 1. The summed E-state index contributed by atoms with van der Waals surface area (Å²) in [7, 11) is -3.72. The van der Waals surface area contributed by atoms with Gasteiger partial charge in [0.25, 0.3) is 10.0 Å². The van der Waals surface area contributed by atoms with Crippen LogP contribution in [0.3, 0.4) is 0 Å². The third-order valence-electron chi connectivity index (χ3n) is 3.70. The van der Waals surface area contributed by atoms with Gasteiger partial charge in [0.05, 0.1) is 5.69 Å². The molecule has 1 amide bonds. The van der Waals surface area contributed by atoms with E-state index in [4.69, 9.17) is 11.6 Å². The normalized spacial score (nSPS) is 14.8. The molecular formula is C17H16ClN3O3S. The maximum atomic E-state index is 12.1. The molecule has 0 radical (unpaired) electrons. The number of amides is 1. The number of rotatable bonds is 5. The maximum Gasteiger partial charge on any atom is 0.286 e. The molecule has 0 aliphatic carbocycles. The number of sulfonamides is 1. The molecule has 0 saturated heterocycles. The summed E-state index contributed by atoms with van der Waals surface area (Å²) in [5, 5.41) is 6.31. The number of para-hydroxylation sites is 1. The van der Waals surface area contributed by atoms with Gasteiger partial charge in [0.2, 0.25) is 5.91 Å². The van der Waals surface area contributed by atoms with E-state index in [0.717, 1.165) is 5.56 Å². The van der Waals surface area contributed by atoms with Crippen LogP contribution in [-0.4, -0.2) is 20.2 Å². The number of anilines is 1. The Bertz CT molecular complexity index is 942. The van der Waals surface area contributed by atoms with Gasteiger partial charge in [-0.1, -0.05) is 41.9 Å². The number of carbonyl (C=O) groups is 1. The third-order valence-corrected chi connectivity index (χ3v) is 5.44. The fourth-order valence-corrected chi connectivity index (χ4v) is 3.81. The number of hydrogen-bond acceptors (Lipinski definition) is 4. The lowest BCUT2D eigenvalue weighted by Gasteiger charge is -2.17. The van der Waals surface area contributed by atoms with E-state index in [2.05, 4.69) is 15.0 Å². The molecule has 1 heterocycles. The van der Waals surface area contributed by atoms with Gasteiger partial charge in [-0.15, -0.1) is 4.40 Å². The monoisotopic (exact) mass is 377 g/mol. The summed E-state index contributed by atoms with van der Waals surface area (Å²) in [6.45, 7) is 0.319. The van der Waals surface area contributed by atoms with Crippen molar-refractivity contribution in [2.24, 2.45) is 4.40 Å². The molecule has 0 aromatic heterocycles. The average molecular weight is 378 g/mol. The maximum absolute atomic E-state index is 12.1. The zero-order valence-corrected chi connectivity index (χ0v) is 14.8. The number of amidine groups is 1. The van der Waals surface area contributed by atoms with Crippen LogP contribution in [0.15, 0.2) is 57.8 Å². The molecule has 3 rings (SSSR count). The van der Waals surface area contributed by atoms with E-state index in [1.165, 1.54) is 6.07 Å². The van der Waals surface area contributed by atoms with Crippen LogP contribution in [-0.2, 0) is 21.4 Å². The van der Waals surface area contributed by atoms with Crippen molar-refractivity contribution >= 4 is 39.1 Å². The van der Waals surface area contributed by atoms with Crippen LogP contribution in [0.25, 0.3) is 0 Å². The van der Waals surface area contributed by atoms with E-state index in [0.29, 0.717) is 17.3 Å². The van der Waals surface area contributed by atoms with Crippen molar-refractivity contribution < 1.29 is 13.2 Å². The number of nitrogens with zero attached hydrogens (tertiary/aromatic N) is 1. The highest BCUT2D eigenvalue weighted by molar-refractivity contribution is 7.90. The summed E-state index contributed by atoms with van der Waals surface area (Å²) in [4.78, 5) is 12.1. The van der Waals surface area contributed by atoms with Gasteiger partial charge < -0.3 is 10.6 Å². The van der Waals surface area contributed by atoms with E-state index in [-0.39, 0.29) is 29.5 Å². The molecule has 0 fully saturated rings. The molecule has 25 heavy (non-hydrogen) atoms. The lowest BCUT2D eigenvalue weighted by molar-refractivity contribution is -0.121. The molecule has 0 bridgehead atoms. The predicted octanol–water partition coefficient (Wildman–Crippen LogP) is 2.95. The van der Waals surface area contributed by atoms with Crippen LogP contribution < -0.4 is 10.6 Å². The molecule has 6 nitrogen and oxygen atoms in total. The quantitative estimate of drug-likeness (QED) is 0.838. The number of fused-ring (bicyclic) bond motifs is 1. The van der Waals surface area contributed by atoms with Crippen LogP contribution in [0, 0.1) is 0 Å². The van der Waals surface area contributed by atoms with Crippen LogP contribution in [0.5, 0.6) is 0 Å². The number of carbonyl (C=O) groups excluding carboxylic acids is 1. The second-order valence-electron chi connectivity index (χ2n) is 5.50. The van der Waals surface area contributed by atoms with Crippen molar-refractivity contribution in [3.8, 4) is 0 Å². The Balaban J connectivity index is 1.58. The number of hydrogen-bond donors (Lipinski definition) is 2. The first kappa shape index (κ1) is 17.4. The second kappa shape index (κ2) is 7.25. The number of nitrogens with one attached hydrogen (secondary N) is 2. The Kier molecular flexibility index (Phi) is 5.06. The molecule has 2 aromatic rings. The van der Waals surface area contributed by atoms with E-state index >= 15 is 0 Å². The average Bonchev–Trinajstić information content (AvgIpc) is 2.59. The summed E-state index contributed by atoms with van der Waals surface area (Å²) >= 11 is 6.04. The molecule has 8 heteroatoms. The number of benzene rings is 2. The summed E-state index contributed by atoms with van der Waals surface area (Å²) in [6, 6.07) is 13.8. The SMILES string of the molecule is O=C(CCC1=NS(=O)(=O)c2ccccc2N1)NCc1ccccc1Cl. The van der Waals surface area contributed by atoms with Crippen LogP contribution in [0.4, 0.5) is 5.69 Å². The lowest BCUT2D eigenvalue weighted by atomic mass is 10.2. The van der Waals surface area contributed by atoms with Crippen molar-refractivity contribution in [1.29, 1.82) is 0 Å². The van der Waals surface area contributed by atoms with Crippen LogP contribution >= 0.6 is 11.6 Å². The van der Waals surface area contributed by atoms with E-state index < -0.39 is 10.0 Å². The Morgan fingerprint density at radius 2 is 1.84 bits per heavy atom. The van der Waals surface area contributed by atoms with E-state index in [1.807, 2.05) is 18.2 Å². The molecule has 2 N–H and O–H groups in total. The van der Waals surface area contributed by atoms with Crippen molar-refractivity contribution in [3.05, 3.63) is 59.1 Å². The molecule has 0 atom stereocenters. The second-order valence-corrected chi connectivity index (χ2v) is 7.48. The summed E-state index contributed by atoms with van der Waals surface area (Å²) in [6.07, 6.45) is 0.315. The minimum atomic E-state index is -3.72. The highest BCUT2D eigenvalue weighted by Gasteiger charge is 2.24. The van der Waals surface area contributed by atoms with E-state index in [9.17, 15) is 13.2 Å². The molecule has 2 aromatic carbocycles. The topological polar surface area (TPSA) is 87.6 Å². The Hall–Kier alpha value is -2.38.